The maximum atomic E-state index is 11.3. The van der Waals surface area contributed by atoms with E-state index in [4.69, 9.17) is 11.6 Å². The van der Waals surface area contributed by atoms with Crippen molar-refractivity contribution in [2.75, 3.05) is 12.5 Å². The van der Waals surface area contributed by atoms with Crippen LogP contribution in [-0.2, 0) is 10.3 Å². The van der Waals surface area contributed by atoms with Crippen LogP contribution in [0, 0.1) is 0 Å². The van der Waals surface area contributed by atoms with Gasteiger partial charge in [-0.2, -0.15) is 0 Å². The average Bonchev–Trinajstić information content (AvgIpc) is 2.28. The molecule has 0 radical (unpaired) electrons. The summed E-state index contributed by atoms with van der Waals surface area (Å²) in [7, 11) is 0. The van der Waals surface area contributed by atoms with Gasteiger partial charge in [0.05, 0.1) is 12.1 Å². The summed E-state index contributed by atoms with van der Waals surface area (Å²) in [4.78, 5) is 11.3. The van der Waals surface area contributed by atoms with Gasteiger partial charge < -0.3 is 10.4 Å². The molecule has 0 aliphatic carbocycles. The van der Waals surface area contributed by atoms with Crippen LogP contribution in [0.2, 0.25) is 0 Å². The van der Waals surface area contributed by atoms with E-state index in [1.165, 1.54) is 0 Å². The van der Waals surface area contributed by atoms with Gasteiger partial charge in [0, 0.05) is 4.47 Å². The monoisotopic (exact) mass is 305 g/mol. The van der Waals surface area contributed by atoms with Gasteiger partial charge in [-0.15, -0.1) is 11.6 Å². The number of benzene rings is 1. The van der Waals surface area contributed by atoms with E-state index in [9.17, 15) is 9.90 Å². The normalized spacial score (nSPS) is 14.2. The Bertz CT molecular complexity index is 386. The minimum Gasteiger partial charge on any atom is -0.394 e. The molecule has 5 heteroatoms. The van der Waals surface area contributed by atoms with Gasteiger partial charge >= 0.3 is 0 Å². The Morgan fingerprint density at radius 1 is 1.62 bits per heavy atom. The van der Waals surface area contributed by atoms with E-state index in [0.717, 1.165) is 10.0 Å². The molecule has 88 valence electrons. The van der Waals surface area contributed by atoms with Crippen LogP contribution in [-0.4, -0.2) is 23.5 Å². The molecule has 1 aromatic carbocycles. The highest BCUT2D eigenvalue weighted by Crippen LogP contribution is 2.23. The van der Waals surface area contributed by atoms with Crippen LogP contribution in [0.3, 0.4) is 0 Å². The van der Waals surface area contributed by atoms with Crippen molar-refractivity contribution in [2.24, 2.45) is 0 Å². The van der Waals surface area contributed by atoms with Gasteiger partial charge in [0.1, 0.15) is 5.88 Å². The van der Waals surface area contributed by atoms with Crippen molar-refractivity contribution < 1.29 is 9.90 Å². The van der Waals surface area contributed by atoms with E-state index in [-0.39, 0.29) is 18.4 Å². The molecule has 1 amide bonds. The Morgan fingerprint density at radius 3 is 2.81 bits per heavy atom. The third-order valence-electron chi connectivity index (χ3n) is 2.31. The molecule has 0 saturated heterocycles. The van der Waals surface area contributed by atoms with Crippen LogP contribution in [0.25, 0.3) is 0 Å². The molecule has 0 saturated carbocycles. The van der Waals surface area contributed by atoms with Gasteiger partial charge in [-0.05, 0) is 24.6 Å². The predicted octanol–water partition coefficient (Wildman–Crippen LogP) is 2.01. The summed E-state index contributed by atoms with van der Waals surface area (Å²) in [5, 5.41) is 12.1. The van der Waals surface area contributed by atoms with Crippen molar-refractivity contribution in [3.05, 3.63) is 34.3 Å². The number of hydrogen-bond donors (Lipinski definition) is 2. The summed E-state index contributed by atoms with van der Waals surface area (Å²) in [5.74, 6) is -0.429. The fourth-order valence-corrected chi connectivity index (χ4v) is 1.84. The number of amides is 1. The van der Waals surface area contributed by atoms with Gasteiger partial charge in [-0.1, -0.05) is 28.1 Å². The first-order valence-electron chi connectivity index (χ1n) is 4.76. The lowest BCUT2D eigenvalue weighted by atomic mass is 9.93. The van der Waals surface area contributed by atoms with Gasteiger partial charge in [0.25, 0.3) is 0 Å². The van der Waals surface area contributed by atoms with Crippen molar-refractivity contribution in [2.45, 2.75) is 12.5 Å². The second-order valence-corrected chi connectivity index (χ2v) is 4.87. The Morgan fingerprint density at radius 2 is 2.31 bits per heavy atom. The van der Waals surface area contributed by atoms with Crippen LogP contribution in [0.15, 0.2) is 28.7 Å². The van der Waals surface area contributed by atoms with E-state index in [1.54, 1.807) is 6.92 Å². The fraction of sp³-hybridized carbons (Fsp3) is 0.364. The third kappa shape index (κ3) is 3.20. The number of rotatable bonds is 4. The molecule has 2 N–H and O–H groups in total. The standard InChI is InChI=1S/C11H13BrClNO2/c1-11(7-15,14-10(16)6-13)8-3-2-4-9(12)5-8/h2-5,15H,6-7H2,1H3,(H,14,16)/t11-/m0/s1. The highest BCUT2D eigenvalue weighted by atomic mass is 79.9. The average molecular weight is 307 g/mol. The largest absolute Gasteiger partial charge is 0.394 e. The van der Waals surface area contributed by atoms with Crippen molar-refractivity contribution in [1.29, 1.82) is 0 Å². The van der Waals surface area contributed by atoms with Gasteiger partial charge in [0.15, 0.2) is 0 Å². The van der Waals surface area contributed by atoms with Crippen molar-refractivity contribution in [1.82, 2.24) is 5.32 Å². The molecule has 0 aromatic heterocycles. The molecular weight excluding hydrogens is 293 g/mol. The Labute approximate surface area is 108 Å². The smallest absolute Gasteiger partial charge is 0.235 e. The topological polar surface area (TPSA) is 49.3 Å². The molecule has 0 bridgehead atoms. The number of hydrogen-bond acceptors (Lipinski definition) is 2. The molecule has 1 atom stereocenters. The van der Waals surface area contributed by atoms with Crippen LogP contribution in [0.5, 0.6) is 0 Å². The maximum absolute atomic E-state index is 11.3. The molecular formula is C11H13BrClNO2. The molecule has 0 aliphatic rings. The molecule has 0 aliphatic heterocycles. The molecule has 0 fully saturated rings. The first-order chi connectivity index (χ1) is 7.51. The summed E-state index contributed by atoms with van der Waals surface area (Å²) in [6.07, 6.45) is 0. The number of aliphatic hydroxyl groups is 1. The lowest BCUT2D eigenvalue weighted by Crippen LogP contribution is -2.46. The van der Waals surface area contributed by atoms with Crippen LogP contribution < -0.4 is 5.32 Å². The maximum Gasteiger partial charge on any atom is 0.235 e. The second-order valence-electron chi connectivity index (χ2n) is 3.68. The summed E-state index contributed by atoms with van der Waals surface area (Å²) >= 11 is 8.78. The number of aliphatic hydroxyl groups excluding tert-OH is 1. The van der Waals surface area contributed by atoms with E-state index in [2.05, 4.69) is 21.2 Å². The number of nitrogens with one attached hydrogen (secondary N) is 1. The second kappa shape index (κ2) is 5.66. The zero-order valence-corrected chi connectivity index (χ0v) is 11.2. The lowest BCUT2D eigenvalue weighted by Gasteiger charge is -2.29. The molecule has 0 spiro atoms. The Hall–Kier alpha value is -0.580. The zero-order chi connectivity index (χ0) is 12.2. The lowest BCUT2D eigenvalue weighted by molar-refractivity contribution is -0.121. The summed E-state index contributed by atoms with van der Waals surface area (Å²) < 4.78 is 0.893. The van der Waals surface area contributed by atoms with E-state index in [1.807, 2.05) is 24.3 Å². The zero-order valence-electron chi connectivity index (χ0n) is 8.84. The molecule has 1 rings (SSSR count). The number of alkyl halides is 1. The summed E-state index contributed by atoms with van der Waals surface area (Å²) in [6, 6.07) is 7.42. The molecule has 0 unspecified atom stereocenters. The van der Waals surface area contributed by atoms with Crippen LogP contribution in [0.1, 0.15) is 12.5 Å². The number of halogens is 2. The minimum absolute atomic E-state index is 0.121. The van der Waals surface area contributed by atoms with Crippen molar-refractivity contribution in [3.63, 3.8) is 0 Å². The van der Waals surface area contributed by atoms with Crippen molar-refractivity contribution >= 4 is 33.4 Å². The van der Waals surface area contributed by atoms with Gasteiger partial charge in [-0.3, -0.25) is 4.79 Å². The highest BCUT2D eigenvalue weighted by molar-refractivity contribution is 9.10. The number of carbonyl (C=O) groups is 1. The van der Waals surface area contributed by atoms with E-state index >= 15 is 0 Å². The predicted molar refractivity (Wildman–Crippen MR) is 67.4 cm³/mol. The first kappa shape index (κ1) is 13.5. The van der Waals surface area contributed by atoms with Gasteiger partial charge in [-0.25, -0.2) is 0 Å². The summed E-state index contributed by atoms with van der Waals surface area (Å²) in [5.41, 5.74) is 0.0123. The minimum atomic E-state index is -0.810. The third-order valence-corrected chi connectivity index (χ3v) is 3.05. The van der Waals surface area contributed by atoms with Crippen LogP contribution in [0.4, 0.5) is 0 Å². The SMILES string of the molecule is C[C@@](CO)(NC(=O)CCl)c1cccc(Br)c1. The van der Waals surface area contributed by atoms with Crippen LogP contribution >= 0.6 is 27.5 Å². The quantitative estimate of drug-likeness (QED) is 0.836. The Kier molecular flexibility index (Phi) is 4.77. The number of carbonyl (C=O) groups excluding carboxylic acids is 1. The molecule has 3 nitrogen and oxygen atoms in total. The molecule has 1 aromatic rings. The Balaban J connectivity index is 2.99. The molecule has 16 heavy (non-hydrogen) atoms. The first-order valence-corrected chi connectivity index (χ1v) is 6.08. The van der Waals surface area contributed by atoms with E-state index < -0.39 is 5.54 Å². The molecule has 0 heterocycles. The summed E-state index contributed by atoms with van der Waals surface area (Å²) in [6.45, 7) is 1.56. The van der Waals surface area contributed by atoms with E-state index in [0.29, 0.717) is 0 Å². The van der Waals surface area contributed by atoms with Crippen molar-refractivity contribution in [3.8, 4) is 0 Å². The highest BCUT2D eigenvalue weighted by Gasteiger charge is 2.27. The van der Waals surface area contributed by atoms with Gasteiger partial charge in [0.2, 0.25) is 5.91 Å². The fourth-order valence-electron chi connectivity index (χ4n) is 1.38.